The fraction of sp³-hybridized carbons (Fsp3) is 0.158. The lowest BCUT2D eigenvalue weighted by atomic mass is 10.2. The number of pyridine rings is 1. The zero-order chi connectivity index (χ0) is 17.1. The Bertz CT molecular complexity index is 880. The molecule has 3 heterocycles. The van der Waals surface area contributed by atoms with Crippen LogP contribution in [0.25, 0.3) is 0 Å². The fourth-order valence-electron chi connectivity index (χ4n) is 2.91. The lowest BCUT2D eigenvalue weighted by Gasteiger charge is -2.16. The van der Waals surface area contributed by atoms with Crippen LogP contribution in [0.15, 0.2) is 61.2 Å². The molecule has 0 unspecified atom stereocenters. The number of nitrogens with one attached hydrogen (secondary N) is 1. The van der Waals surface area contributed by atoms with E-state index in [-0.39, 0.29) is 5.91 Å². The predicted molar refractivity (Wildman–Crippen MR) is 94.6 cm³/mol. The minimum absolute atomic E-state index is 0.197. The average molecular weight is 331 g/mol. The molecule has 6 heteroatoms. The van der Waals surface area contributed by atoms with Crippen LogP contribution >= 0.6 is 0 Å². The molecule has 0 radical (unpaired) electrons. The van der Waals surface area contributed by atoms with Crippen LogP contribution < -0.4 is 10.2 Å². The van der Waals surface area contributed by atoms with E-state index in [2.05, 4.69) is 37.3 Å². The molecule has 0 spiro atoms. The van der Waals surface area contributed by atoms with Crippen LogP contribution in [-0.2, 0) is 13.0 Å². The molecule has 4 rings (SSSR count). The van der Waals surface area contributed by atoms with Crippen molar-refractivity contribution in [3.8, 4) is 0 Å². The molecule has 124 valence electrons. The number of amides is 1. The van der Waals surface area contributed by atoms with Gasteiger partial charge in [0.05, 0.1) is 5.56 Å². The van der Waals surface area contributed by atoms with Gasteiger partial charge in [-0.1, -0.05) is 24.3 Å². The molecule has 0 fully saturated rings. The van der Waals surface area contributed by atoms with Gasteiger partial charge in [0.1, 0.15) is 0 Å². The number of nitrogens with zero attached hydrogens (tertiary/aromatic N) is 4. The molecular formula is C19H17N5O. The highest BCUT2D eigenvalue weighted by Gasteiger charge is 2.21. The van der Waals surface area contributed by atoms with Crippen LogP contribution in [0, 0.1) is 0 Å². The monoisotopic (exact) mass is 331 g/mol. The van der Waals surface area contributed by atoms with Crippen LogP contribution in [0.4, 0.5) is 11.6 Å². The van der Waals surface area contributed by atoms with E-state index in [1.54, 1.807) is 24.8 Å². The highest BCUT2D eigenvalue weighted by Crippen LogP contribution is 2.31. The summed E-state index contributed by atoms with van der Waals surface area (Å²) in [7, 11) is 0. The molecule has 6 nitrogen and oxygen atoms in total. The second-order valence-electron chi connectivity index (χ2n) is 5.85. The summed E-state index contributed by atoms with van der Waals surface area (Å²) in [5.41, 5.74) is 3.82. The lowest BCUT2D eigenvalue weighted by Crippen LogP contribution is -2.24. The summed E-state index contributed by atoms with van der Waals surface area (Å²) in [6, 6.07) is 12.0. The van der Waals surface area contributed by atoms with Gasteiger partial charge in [0.15, 0.2) is 0 Å². The van der Waals surface area contributed by atoms with E-state index in [0.29, 0.717) is 18.1 Å². The number of hydrogen-bond acceptors (Lipinski definition) is 5. The number of para-hydroxylation sites is 1. The summed E-state index contributed by atoms with van der Waals surface area (Å²) in [6.07, 6.45) is 7.55. The Morgan fingerprint density at radius 1 is 1.08 bits per heavy atom. The van der Waals surface area contributed by atoms with Crippen molar-refractivity contribution in [3.05, 3.63) is 77.9 Å². The first-order valence-corrected chi connectivity index (χ1v) is 8.16. The maximum absolute atomic E-state index is 12.2. The van der Waals surface area contributed by atoms with Crippen LogP contribution in [0.5, 0.6) is 0 Å². The van der Waals surface area contributed by atoms with Gasteiger partial charge < -0.3 is 10.2 Å². The standard InChI is InChI=1S/C19H17N5O/c25-18(21-11-14-4-3-8-20-10-14)16-12-22-19(23-13-16)24-9-7-15-5-1-2-6-17(15)24/h1-6,8,10,12-13H,7,9,11H2,(H,21,25). The highest BCUT2D eigenvalue weighted by atomic mass is 16.1. The van der Waals surface area contributed by atoms with E-state index >= 15 is 0 Å². The fourth-order valence-corrected chi connectivity index (χ4v) is 2.91. The number of hydrogen-bond donors (Lipinski definition) is 1. The molecule has 0 saturated heterocycles. The molecule has 1 aromatic carbocycles. The summed E-state index contributed by atoms with van der Waals surface area (Å²) in [6.45, 7) is 1.28. The normalized spacial score (nSPS) is 12.7. The molecule has 0 atom stereocenters. The second kappa shape index (κ2) is 6.68. The van der Waals surface area contributed by atoms with E-state index in [4.69, 9.17) is 0 Å². The van der Waals surface area contributed by atoms with Crippen molar-refractivity contribution in [2.45, 2.75) is 13.0 Å². The summed E-state index contributed by atoms with van der Waals surface area (Å²) < 4.78 is 0. The van der Waals surface area contributed by atoms with Crippen LogP contribution in [0.2, 0.25) is 0 Å². The van der Waals surface area contributed by atoms with Crippen LogP contribution in [0.3, 0.4) is 0 Å². The van der Waals surface area contributed by atoms with Crippen molar-refractivity contribution in [1.29, 1.82) is 0 Å². The first-order chi connectivity index (χ1) is 12.3. The van der Waals surface area contributed by atoms with Crippen molar-refractivity contribution in [3.63, 3.8) is 0 Å². The first kappa shape index (κ1) is 15.3. The van der Waals surface area contributed by atoms with Gasteiger partial charge in [-0.2, -0.15) is 0 Å². The smallest absolute Gasteiger partial charge is 0.254 e. The van der Waals surface area contributed by atoms with E-state index < -0.39 is 0 Å². The van der Waals surface area contributed by atoms with Gasteiger partial charge in [0, 0.05) is 43.6 Å². The Kier molecular flexibility index (Phi) is 4.08. The molecule has 3 aromatic rings. The van der Waals surface area contributed by atoms with E-state index in [0.717, 1.165) is 24.2 Å². The average Bonchev–Trinajstić information content (AvgIpc) is 3.11. The van der Waals surface area contributed by atoms with Gasteiger partial charge in [0.25, 0.3) is 5.91 Å². The minimum atomic E-state index is -0.197. The first-order valence-electron chi connectivity index (χ1n) is 8.16. The van der Waals surface area contributed by atoms with Gasteiger partial charge in [-0.25, -0.2) is 9.97 Å². The van der Waals surface area contributed by atoms with Gasteiger partial charge in [-0.3, -0.25) is 9.78 Å². The Balaban J connectivity index is 1.45. The van der Waals surface area contributed by atoms with Gasteiger partial charge >= 0.3 is 0 Å². The summed E-state index contributed by atoms with van der Waals surface area (Å²) in [5.74, 6) is 0.422. The minimum Gasteiger partial charge on any atom is -0.348 e. The Hall–Kier alpha value is -3.28. The summed E-state index contributed by atoms with van der Waals surface area (Å²) in [5, 5.41) is 2.85. The number of carbonyl (C=O) groups excluding carboxylic acids is 1. The van der Waals surface area contributed by atoms with Crippen molar-refractivity contribution in [1.82, 2.24) is 20.3 Å². The topological polar surface area (TPSA) is 71.0 Å². The molecule has 1 N–H and O–H groups in total. The largest absolute Gasteiger partial charge is 0.348 e. The van der Waals surface area contributed by atoms with E-state index in [1.807, 2.05) is 24.3 Å². The Morgan fingerprint density at radius 2 is 1.92 bits per heavy atom. The molecule has 0 saturated carbocycles. The Labute approximate surface area is 145 Å². The molecule has 0 aliphatic carbocycles. The Morgan fingerprint density at radius 3 is 2.72 bits per heavy atom. The van der Waals surface area contributed by atoms with Gasteiger partial charge in [0.2, 0.25) is 5.95 Å². The second-order valence-corrected chi connectivity index (χ2v) is 5.85. The number of benzene rings is 1. The number of aromatic nitrogens is 3. The lowest BCUT2D eigenvalue weighted by molar-refractivity contribution is 0.0950. The van der Waals surface area contributed by atoms with E-state index in [9.17, 15) is 4.79 Å². The molecule has 25 heavy (non-hydrogen) atoms. The quantitative estimate of drug-likeness (QED) is 0.795. The molecular weight excluding hydrogens is 314 g/mol. The van der Waals surface area contributed by atoms with Crippen LogP contribution in [0.1, 0.15) is 21.5 Å². The molecule has 1 amide bonds. The van der Waals surface area contributed by atoms with Crippen molar-refractivity contribution in [2.24, 2.45) is 0 Å². The molecule has 1 aliphatic rings. The highest BCUT2D eigenvalue weighted by molar-refractivity contribution is 5.93. The summed E-state index contributed by atoms with van der Waals surface area (Å²) in [4.78, 5) is 27.1. The molecule has 1 aliphatic heterocycles. The summed E-state index contributed by atoms with van der Waals surface area (Å²) >= 11 is 0. The van der Waals surface area contributed by atoms with Crippen molar-refractivity contribution >= 4 is 17.5 Å². The number of fused-ring (bicyclic) bond motifs is 1. The zero-order valence-electron chi connectivity index (χ0n) is 13.6. The third-order valence-electron chi connectivity index (χ3n) is 4.20. The SMILES string of the molecule is O=C(NCc1cccnc1)c1cnc(N2CCc3ccccc32)nc1. The van der Waals surface area contributed by atoms with Gasteiger partial charge in [-0.05, 0) is 29.7 Å². The number of anilines is 2. The third-order valence-corrected chi connectivity index (χ3v) is 4.20. The van der Waals surface area contributed by atoms with Crippen molar-refractivity contribution in [2.75, 3.05) is 11.4 Å². The molecule has 2 aromatic heterocycles. The van der Waals surface area contributed by atoms with Crippen molar-refractivity contribution < 1.29 is 4.79 Å². The maximum Gasteiger partial charge on any atom is 0.254 e. The van der Waals surface area contributed by atoms with Gasteiger partial charge in [-0.15, -0.1) is 0 Å². The van der Waals surface area contributed by atoms with E-state index in [1.165, 1.54) is 5.56 Å². The maximum atomic E-state index is 12.2. The number of rotatable bonds is 4. The molecule has 0 bridgehead atoms. The number of carbonyl (C=O) groups is 1. The predicted octanol–water partition coefficient (Wildman–Crippen LogP) is 2.50. The third kappa shape index (κ3) is 3.19. The van der Waals surface area contributed by atoms with Crippen LogP contribution in [-0.4, -0.2) is 27.4 Å². The zero-order valence-corrected chi connectivity index (χ0v) is 13.6.